The number of hydrogen-bond donors (Lipinski definition) is 1. The van der Waals surface area contributed by atoms with E-state index in [0.717, 1.165) is 29.4 Å². The average molecular weight is 271 g/mol. The van der Waals surface area contributed by atoms with E-state index in [1.54, 1.807) is 0 Å². The fourth-order valence-electron chi connectivity index (χ4n) is 3.10. The lowest BCUT2D eigenvalue weighted by Crippen LogP contribution is -2.31. The molecular formula is C16H21N3O. The summed E-state index contributed by atoms with van der Waals surface area (Å²) in [4.78, 5) is 12.2. The molecule has 0 unspecified atom stereocenters. The van der Waals surface area contributed by atoms with E-state index in [-0.39, 0.29) is 11.8 Å². The van der Waals surface area contributed by atoms with Gasteiger partial charge in [0.1, 0.15) is 0 Å². The molecule has 1 aliphatic rings. The van der Waals surface area contributed by atoms with Gasteiger partial charge in [0.05, 0.1) is 17.8 Å². The first-order chi connectivity index (χ1) is 9.75. The van der Waals surface area contributed by atoms with Crippen molar-refractivity contribution in [2.75, 3.05) is 0 Å². The Morgan fingerprint density at radius 2 is 2.05 bits per heavy atom. The first kappa shape index (κ1) is 13.2. The molecule has 0 bridgehead atoms. The Kier molecular flexibility index (Phi) is 3.72. The van der Waals surface area contributed by atoms with Gasteiger partial charge in [-0.05, 0) is 18.9 Å². The highest BCUT2D eigenvalue weighted by Gasteiger charge is 2.21. The number of rotatable bonds is 3. The molecule has 1 aromatic heterocycles. The van der Waals surface area contributed by atoms with Crippen molar-refractivity contribution >= 4 is 16.8 Å². The molecule has 3 rings (SSSR count). The third kappa shape index (κ3) is 2.55. The summed E-state index contributed by atoms with van der Waals surface area (Å²) < 4.78 is 1.87. The second-order valence-electron chi connectivity index (χ2n) is 5.64. The highest BCUT2D eigenvalue weighted by atomic mass is 16.1. The smallest absolute Gasteiger partial charge is 0.223 e. The maximum absolute atomic E-state index is 12.2. The van der Waals surface area contributed by atoms with E-state index in [1.807, 2.05) is 23.9 Å². The zero-order valence-corrected chi connectivity index (χ0v) is 11.9. The predicted molar refractivity (Wildman–Crippen MR) is 79.1 cm³/mol. The average Bonchev–Trinajstić information content (AvgIpc) is 2.83. The van der Waals surface area contributed by atoms with E-state index < -0.39 is 0 Å². The lowest BCUT2D eigenvalue weighted by Gasteiger charge is -2.20. The fraction of sp³-hybridized carbons (Fsp3) is 0.500. The zero-order chi connectivity index (χ0) is 13.9. The van der Waals surface area contributed by atoms with Crippen LogP contribution >= 0.6 is 0 Å². The van der Waals surface area contributed by atoms with Crippen molar-refractivity contribution < 1.29 is 4.79 Å². The molecule has 0 radical (unpaired) electrons. The standard InChI is InChI=1S/C16H21N3O/c1-19-15-10-6-5-9-13(15)14(18-19)11-17-16(20)12-7-3-2-4-8-12/h5-6,9-10,12H,2-4,7-8,11H2,1H3,(H,17,20). The Bertz CT molecular complexity index is 611. The van der Waals surface area contributed by atoms with Crippen LogP contribution in [0.4, 0.5) is 0 Å². The number of amides is 1. The Hall–Kier alpha value is -1.84. The number of benzene rings is 1. The molecular weight excluding hydrogens is 250 g/mol. The van der Waals surface area contributed by atoms with E-state index in [4.69, 9.17) is 0 Å². The van der Waals surface area contributed by atoms with E-state index in [2.05, 4.69) is 22.5 Å². The second-order valence-corrected chi connectivity index (χ2v) is 5.64. The number of para-hydroxylation sites is 1. The van der Waals surface area contributed by atoms with Crippen molar-refractivity contribution in [3.05, 3.63) is 30.0 Å². The SMILES string of the molecule is Cn1nc(CNC(=O)C2CCCCC2)c2ccccc21. The maximum Gasteiger partial charge on any atom is 0.223 e. The molecule has 1 amide bonds. The van der Waals surface area contributed by atoms with Crippen LogP contribution in [0.15, 0.2) is 24.3 Å². The molecule has 2 aromatic rings. The third-order valence-electron chi connectivity index (χ3n) is 4.24. The van der Waals surface area contributed by atoms with Crippen LogP contribution < -0.4 is 5.32 Å². The molecule has 0 aliphatic heterocycles. The quantitative estimate of drug-likeness (QED) is 0.933. The molecule has 1 N–H and O–H groups in total. The van der Waals surface area contributed by atoms with Crippen LogP contribution in [0, 0.1) is 5.92 Å². The van der Waals surface area contributed by atoms with Gasteiger partial charge in [-0.1, -0.05) is 37.5 Å². The van der Waals surface area contributed by atoms with Crippen LogP contribution in [0.1, 0.15) is 37.8 Å². The number of aryl methyl sites for hydroxylation is 1. The lowest BCUT2D eigenvalue weighted by atomic mass is 9.89. The van der Waals surface area contributed by atoms with Crippen molar-refractivity contribution in [1.82, 2.24) is 15.1 Å². The minimum Gasteiger partial charge on any atom is -0.350 e. The summed E-state index contributed by atoms with van der Waals surface area (Å²) in [7, 11) is 1.94. The van der Waals surface area contributed by atoms with E-state index in [9.17, 15) is 4.79 Å². The van der Waals surface area contributed by atoms with Crippen LogP contribution in [0.2, 0.25) is 0 Å². The molecule has 1 heterocycles. The first-order valence-electron chi connectivity index (χ1n) is 7.44. The van der Waals surface area contributed by atoms with Crippen molar-refractivity contribution in [3.63, 3.8) is 0 Å². The number of fused-ring (bicyclic) bond motifs is 1. The van der Waals surface area contributed by atoms with Crippen LogP contribution in [-0.2, 0) is 18.4 Å². The summed E-state index contributed by atoms with van der Waals surface area (Å²) >= 11 is 0. The van der Waals surface area contributed by atoms with Gasteiger partial charge >= 0.3 is 0 Å². The van der Waals surface area contributed by atoms with Gasteiger partial charge in [0, 0.05) is 18.4 Å². The summed E-state index contributed by atoms with van der Waals surface area (Å²) in [5, 5.41) is 8.69. The summed E-state index contributed by atoms with van der Waals surface area (Å²) in [5.41, 5.74) is 2.06. The molecule has 20 heavy (non-hydrogen) atoms. The molecule has 0 atom stereocenters. The molecule has 0 saturated heterocycles. The number of carbonyl (C=O) groups excluding carboxylic acids is 1. The van der Waals surface area contributed by atoms with Gasteiger partial charge in [-0.3, -0.25) is 9.48 Å². The monoisotopic (exact) mass is 271 g/mol. The second kappa shape index (κ2) is 5.65. The molecule has 0 spiro atoms. The highest BCUT2D eigenvalue weighted by molar-refractivity contribution is 5.83. The van der Waals surface area contributed by atoms with Gasteiger partial charge in [-0.25, -0.2) is 0 Å². The summed E-state index contributed by atoms with van der Waals surface area (Å²) in [5.74, 6) is 0.401. The number of carbonyl (C=O) groups is 1. The normalized spacial score (nSPS) is 16.4. The largest absolute Gasteiger partial charge is 0.350 e. The van der Waals surface area contributed by atoms with Gasteiger partial charge in [0.25, 0.3) is 0 Å². The molecule has 1 saturated carbocycles. The van der Waals surface area contributed by atoms with Gasteiger partial charge in [-0.15, -0.1) is 0 Å². The maximum atomic E-state index is 12.2. The summed E-state index contributed by atoms with van der Waals surface area (Å²) in [6.45, 7) is 0.524. The Balaban J connectivity index is 1.69. The topological polar surface area (TPSA) is 46.9 Å². The summed E-state index contributed by atoms with van der Waals surface area (Å²) in [6.07, 6.45) is 5.72. The van der Waals surface area contributed by atoms with Crippen molar-refractivity contribution in [1.29, 1.82) is 0 Å². The molecule has 1 aliphatic carbocycles. The molecule has 1 aromatic carbocycles. The van der Waals surface area contributed by atoms with Crippen molar-refractivity contribution in [3.8, 4) is 0 Å². The Morgan fingerprint density at radius 3 is 2.85 bits per heavy atom. The minimum absolute atomic E-state index is 0.194. The van der Waals surface area contributed by atoms with Crippen LogP contribution in [0.5, 0.6) is 0 Å². The Morgan fingerprint density at radius 1 is 1.30 bits per heavy atom. The van der Waals surface area contributed by atoms with Crippen molar-refractivity contribution in [2.45, 2.75) is 38.6 Å². The van der Waals surface area contributed by atoms with Crippen LogP contribution in [0.25, 0.3) is 10.9 Å². The third-order valence-corrected chi connectivity index (χ3v) is 4.24. The molecule has 106 valence electrons. The van der Waals surface area contributed by atoms with Gasteiger partial charge in [-0.2, -0.15) is 5.10 Å². The van der Waals surface area contributed by atoms with Gasteiger partial charge < -0.3 is 5.32 Å². The van der Waals surface area contributed by atoms with E-state index >= 15 is 0 Å². The minimum atomic E-state index is 0.194. The van der Waals surface area contributed by atoms with E-state index in [0.29, 0.717) is 6.54 Å². The van der Waals surface area contributed by atoms with Crippen molar-refractivity contribution in [2.24, 2.45) is 13.0 Å². The number of nitrogens with one attached hydrogen (secondary N) is 1. The highest BCUT2D eigenvalue weighted by Crippen LogP contribution is 2.24. The predicted octanol–water partition coefficient (Wildman–Crippen LogP) is 2.77. The van der Waals surface area contributed by atoms with Gasteiger partial charge in [0.2, 0.25) is 5.91 Å². The van der Waals surface area contributed by atoms with Crippen LogP contribution in [-0.4, -0.2) is 15.7 Å². The summed E-state index contributed by atoms with van der Waals surface area (Å²) in [6, 6.07) is 8.13. The number of aromatic nitrogens is 2. The molecule has 4 nitrogen and oxygen atoms in total. The fourth-order valence-corrected chi connectivity index (χ4v) is 3.10. The first-order valence-corrected chi connectivity index (χ1v) is 7.44. The number of nitrogens with zero attached hydrogens (tertiary/aromatic N) is 2. The molecule has 4 heteroatoms. The lowest BCUT2D eigenvalue weighted by molar-refractivity contribution is -0.126. The van der Waals surface area contributed by atoms with Gasteiger partial charge in [0.15, 0.2) is 0 Å². The zero-order valence-electron chi connectivity index (χ0n) is 11.9. The van der Waals surface area contributed by atoms with E-state index in [1.165, 1.54) is 19.3 Å². The Labute approximate surface area is 119 Å². The molecule has 1 fully saturated rings. The number of hydrogen-bond acceptors (Lipinski definition) is 2. The van der Waals surface area contributed by atoms with Crippen LogP contribution in [0.3, 0.4) is 0 Å².